The van der Waals surface area contributed by atoms with Gasteiger partial charge in [-0.15, -0.1) is 11.3 Å². The van der Waals surface area contributed by atoms with E-state index in [2.05, 4.69) is 9.88 Å². The second-order valence-electron chi connectivity index (χ2n) is 4.13. The summed E-state index contributed by atoms with van der Waals surface area (Å²) in [5, 5.41) is 11.8. The van der Waals surface area contributed by atoms with Crippen LogP contribution < -0.4 is 4.90 Å². The highest BCUT2D eigenvalue weighted by Crippen LogP contribution is 2.40. The van der Waals surface area contributed by atoms with Crippen molar-refractivity contribution in [3.8, 4) is 0 Å². The second-order valence-corrected chi connectivity index (χ2v) is 4.96. The lowest BCUT2D eigenvalue weighted by Crippen LogP contribution is -2.66. The van der Waals surface area contributed by atoms with Crippen LogP contribution in [0.5, 0.6) is 0 Å². The molecule has 1 spiro atoms. The van der Waals surface area contributed by atoms with Gasteiger partial charge in [-0.3, -0.25) is 0 Å². The Kier molecular flexibility index (Phi) is 1.80. The van der Waals surface area contributed by atoms with Crippen LogP contribution in [0.15, 0.2) is 5.38 Å². The maximum atomic E-state index is 8.89. The molecular formula is C9H12N2O2S. The zero-order valence-electron chi connectivity index (χ0n) is 7.77. The van der Waals surface area contributed by atoms with E-state index in [1.165, 1.54) is 0 Å². The van der Waals surface area contributed by atoms with Gasteiger partial charge in [0.1, 0.15) is 0 Å². The van der Waals surface area contributed by atoms with Crippen LogP contribution >= 0.6 is 11.3 Å². The van der Waals surface area contributed by atoms with Gasteiger partial charge in [-0.25, -0.2) is 4.98 Å². The quantitative estimate of drug-likeness (QED) is 0.774. The molecule has 0 unspecified atom stereocenters. The lowest BCUT2D eigenvalue weighted by molar-refractivity contribution is -0.127. The van der Waals surface area contributed by atoms with Crippen molar-refractivity contribution in [2.24, 2.45) is 5.41 Å². The summed E-state index contributed by atoms with van der Waals surface area (Å²) >= 11 is 1.61. The van der Waals surface area contributed by atoms with Crippen LogP contribution in [0.4, 0.5) is 5.13 Å². The fourth-order valence-corrected chi connectivity index (χ4v) is 2.80. The molecule has 0 atom stereocenters. The number of nitrogens with zero attached hydrogens (tertiary/aromatic N) is 2. The maximum Gasteiger partial charge on any atom is 0.185 e. The van der Waals surface area contributed by atoms with Crippen LogP contribution in [0, 0.1) is 5.41 Å². The summed E-state index contributed by atoms with van der Waals surface area (Å²) in [6.45, 7) is 3.97. The molecule has 2 saturated heterocycles. The standard InChI is InChI=1S/C9H12N2O2S/c12-1-7-2-14-8(10-7)11-3-9(4-11)5-13-6-9/h2,12H,1,3-6H2. The molecule has 2 fully saturated rings. The van der Waals surface area contributed by atoms with E-state index in [-0.39, 0.29) is 6.61 Å². The molecule has 14 heavy (non-hydrogen) atoms. The number of aromatic nitrogens is 1. The van der Waals surface area contributed by atoms with E-state index in [9.17, 15) is 0 Å². The van der Waals surface area contributed by atoms with Crippen molar-refractivity contribution in [3.05, 3.63) is 11.1 Å². The van der Waals surface area contributed by atoms with Gasteiger partial charge in [0.2, 0.25) is 0 Å². The Morgan fingerprint density at radius 3 is 2.86 bits per heavy atom. The number of aliphatic hydroxyl groups is 1. The molecule has 0 aromatic carbocycles. The van der Waals surface area contributed by atoms with Crippen LogP contribution in [0.2, 0.25) is 0 Å². The smallest absolute Gasteiger partial charge is 0.185 e. The number of hydrogen-bond donors (Lipinski definition) is 1. The first-order valence-corrected chi connectivity index (χ1v) is 5.57. The van der Waals surface area contributed by atoms with Crippen LogP contribution in [0.1, 0.15) is 5.69 Å². The van der Waals surface area contributed by atoms with Gasteiger partial charge in [0, 0.05) is 18.5 Å². The van der Waals surface area contributed by atoms with Gasteiger partial charge in [-0.1, -0.05) is 0 Å². The molecule has 0 saturated carbocycles. The van der Waals surface area contributed by atoms with Crippen molar-refractivity contribution in [2.45, 2.75) is 6.61 Å². The van der Waals surface area contributed by atoms with Gasteiger partial charge in [-0.2, -0.15) is 0 Å². The number of anilines is 1. The Hall–Kier alpha value is -0.650. The third-order valence-corrected chi connectivity index (χ3v) is 3.79. The number of rotatable bonds is 2. The van der Waals surface area contributed by atoms with E-state index in [0.29, 0.717) is 5.41 Å². The molecule has 3 heterocycles. The van der Waals surface area contributed by atoms with E-state index < -0.39 is 0 Å². The Morgan fingerprint density at radius 1 is 1.57 bits per heavy atom. The topological polar surface area (TPSA) is 45.6 Å². The molecule has 2 aliphatic heterocycles. The Morgan fingerprint density at radius 2 is 2.36 bits per heavy atom. The van der Waals surface area contributed by atoms with Crippen molar-refractivity contribution >= 4 is 16.5 Å². The molecule has 0 aliphatic carbocycles. The molecule has 0 bridgehead atoms. The average molecular weight is 212 g/mol. The fraction of sp³-hybridized carbons (Fsp3) is 0.667. The number of ether oxygens (including phenoxy) is 1. The average Bonchev–Trinajstić information content (AvgIpc) is 2.47. The van der Waals surface area contributed by atoms with Gasteiger partial charge in [0.25, 0.3) is 0 Å². The monoisotopic (exact) mass is 212 g/mol. The first-order valence-electron chi connectivity index (χ1n) is 4.69. The van der Waals surface area contributed by atoms with Gasteiger partial charge in [0.05, 0.1) is 30.9 Å². The van der Waals surface area contributed by atoms with E-state index in [4.69, 9.17) is 9.84 Å². The Bertz CT molecular complexity index is 340. The summed E-state index contributed by atoms with van der Waals surface area (Å²) in [7, 11) is 0. The minimum atomic E-state index is 0.0403. The molecule has 1 aromatic rings. The number of aliphatic hydroxyl groups excluding tert-OH is 1. The fourth-order valence-electron chi connectivity index (χ4n) is 1.99. The van der Waals surface area contributed by atoms with E-state index in [0.717, 1.165) is 37.1 Å². The summed E-state index contributed by atoms with van der Waals surface area (Å²) in [5.74, 6) is 0. The maximum absolute atomic E-state index is 8.89. The molecule has 1 N–H and O–H groups in total. The lowest BCUT2D eigenvalue weighted by atomic mass is 9.78. The predicted molar refractivity (Wildman–Crippen MR) is 53.5 cm³/mol. The Labute approximate surface area is 86.1 Å². The van der Waals surface area contributed by atoms with Crippen LogP contribution in [0.3, 0.4) is 0 Å². The largest absolute Gasteiger partial charge is 0.390 e. The first kappa shape index (κ1) is 8.64. The molecule has 4 nitrogen and oxygen atoms in total. The van der Waals surface area contributed by atoms with Crippen molar-refractivity contribution in [1.29, 1.82) is 0 Å². The summed E-state index contributed by atoms with van der Waals surface area (Å²) in [6, 6.07) is 0. The van der Waals surface area contributed by atoms with Crippen molar-refractivity contribution < 1.29 is 9.84 Å². The van der Waals surface area contributed by atoms with Crippen LogP contribution in [0.25, 0.3) is 0 Å². The third kappa shape index (κ3) is 1.16. The van der Waals surface area contributed by atoms with Crippen LogP contribution in [-0.2, 0) is 11.3 Å². The van der Waals surface area contributed by atoms with Crippen molar-refractivity contribution in [2.75, 3.05) is 31.2 Å². The molecule has 3 rings (SSSR count). The number of thiazole rings is 1. The van der Waals surface area contributed by atoms with Crippen LogP contribution in [-0.4, -0.2) is 36.4 Å². The Balaban J connectivity index is 1.67. The molecule has 76 valence electrons. The van der Waals surface area contributed by atoms with E-state index in [1.807, 2.05) is 5.38 Å². The van der Waals surface area contributed by atoms with Gasteiger partial charge < -0.3 is 14.7 Å². The van der Waals surface area contributed by atoms with E-state index in [1.54, 1.807) is 11.3 Å². The predicted octanol–water partition coefficient (Wildman–Crippen LogP) is 0.472. The van der Waals surface area contributed by atoms with Gasteiger partial charge >= 0.3 is 0 Å². The summed E-state index contributed by atoms with van der Waals surface area (Å²) in [4.78, 5) is 6.58. The second kappa shape index (κ2) is 2.92. The molecular weight excluding hydrogens is 200 g/mol. The molecule has 5 heteroatoms. The minimum Gasteiger partial charge on any atom is -0.390 e. The zero-order chi connectivity index (χ0) is 9.60. The minimum absolute atomic E-state index is 0.0403. The lowest BCUT2D eigenvalue weighted by Gasteiger charge is -2.54. The molecule has 0 amide bonds. The van der Waals surface area contributed by atoms with Crippen molar-refractivity contribution in [1.82, 2.24) is 4.98 Å². The highest BCUT2D eigenvalue weighted by Gasteiger charge is 2.49. The van der Waals surface area contributed by atoms with Gasteiger partial charge in [0.15, 0.2) is 5.13 Å². The third-order valence-electron chi connectivity index (χ3n) is 2.84. The normalized spacial score (nSPS) is 23.4. The molecule has 2 aliphatic rings. The summed E-state index contributed by atoms with van der Waals surface area (Å²) in [5.41, 5.74) is 1.21. The first-order chi connectivity index (χ1) is 6.81. The highest BCUT2D eigenvalue weighted by molar-refractivity contribution is 7.13. The molecule has 0 radical (unpaired) electrons. The SMILES string of the molecule is OCc1csc(N2CC3(COC3)C2)n1. The zero-order valence-corrected chi connectivity index (χ0v) is 8.59. The highest BCUT2D eigenvalue weighted by atomic mass is 32.1. The summed E-state index contributed by atoms with van der Waals surface area (Å²) < 4.78 is 5.21. The van der Waals surface area contributed by atoms with E-state index >= 15 is 0 Å². The summed E-state index contributed by atoms with van der Waals surface area (Å²) in [6.07, 6.45) is 0. The van der Waals surface area contributed by atoms with Gasteiger partial charge in [-0.05, 0) is 0 Å². The number of hydrogen-bond acceptors (Lipinski definition) is 5. The molecule has 1 aromatic heterocycles. The van der Waals surface area contributed by atoms with Crippen molar-refractivity contribution in [3.63, 3.8) is 0 Å².